The van der Waals surface area contributed by atoms with Gasteiger partial charge in [-0.25, -0.2) is 0 Å². The largest absolute Gasteiger partial charge is 0.321 e. The molecule has 110 valence electrons. The SMILES string of the molecule is O=C(Nc1cccc2ccccc12)c1csc2c1CCCC2. The summed E-state index contributed by atoms with van der Waals surface area (Å²) in [5.41, 5.74) is 3.03. The van der Waals surface area contributed by atoms with Crippen molar-refractivity contribution in [1.29, 1.82) is 0 Å². The quantitative estimate of drug-likeness (QED) is 0.706. The molecule has 1 heterocycles. The molecule has 0 spiro atoms. The van der Waals surface area contributed by atoms with E-state index in [0.717, 1.165) is 34.9 Å². The summed E-state index contributed by atoms with van der Waals surface area (Å²) in [5, 5.41) is 7.36. The third kappa shape index (κ3) is 2.32. The van der Waals surface area contributed by atoms with E-state index in [1.54, 1.807) is 11.3 Å². The lowest BCUT2D eigenvalue weighted by molar-refractivity contribution is 0.102. The summed E-state index contributed by atoms with van der Waals surface area (Å²) in [5.74, 6) is 0.0238. The van der Waals surface area contributed by atoms with E-state index in [1.807, 2.05) is 35.7 Å². The molecule has 1 aromatic heterocycles. The Balaban J connectivity index is 1.68. The maximum atomic E-state index is 12.7. The lowest BCUT2D eigenvalue weighted by atomic mass is 9.95. The first-order valence-electron chi connectivity index (χ1n) is 7.71. The van der Waals surface area contributed by atoms with E-state index in [9.17, 15) is 4.79 Å². The maximum absolute atomic E-state index is 12.7. The zero-order chi connectivity index (χ0) is 14.9. The van der Waals surface area contributed by atoms with E-state index >= 15 is 0 Å². The highest BCUT2D eigenvalue weighted by Gasteiger charge is 2.20. The van der Waals surface area contributed by atoms with Crippen molar-refractivity contribution in [2.24, 2.45) is 0 Å². The van der Waals surface area contributed by atoms with Crippen molar-refractivity contribution in [3.05, 3.63) is 63.8 Å². The van der Waals surface area contributed by atoms with Gasteiger partial charge in [0.1, 0.15) is 0 Å². The molecule has 0 radical (unpaired) electrons. The molecule has 0 saturated heterocycles. The Bertz CT molecular complexity index is 844. The maximum Gasteiger partial charge on any atom is 0.256 e. The monoisotopic (exact) mass is 307 g/mol. The van der Waals surface area contributed by atoms with Crippen LogP contribution < -0.4 is 5.32 Å². The van der Waals surface area contributed by atoms with Crippen LogP contribution in [0.15, 0.2) is 47.8 Å². The molecule has 0 fully saturated rings. The van der Waals surface area contributed by atoms with Gasteiger partial charge in [0.15, 0.2) is 0 Å². The summed E-state index contributed by atoms with van der Waals surface area (Å²) in [6.45, 7) is 0. The van der Waals surface area contributed by atoms with Crippen LogP contribution in [-0.4, -0.2) is 5.91 Å². The lowest BCUT2D eigenvalue weighted by Crippen LogP contribution is -2.14. The Hall–Kier alpha value is -2.13. The summed E-state index contributed by atoms with van der Waals surface area (Å²) in [7, 11) is 0. The number of hydrogen-bond acceptors (Lipinski definition) is 2. The average Bonchev–Trinajstić information content (AvgIpc) is 2.99. The summed E-state index contributed by atoms with van der Waals surface area (Å²) >= 11 is 1.73. The number of benzene rings is 2. The van der Waals surface area contributed by atoms with Crippen LogP contribution in [0.5, 0.6) is 0 Å². The van der Waals surface area contributed by atoms with E-state index in [1.165, 1.54) is 23.3 Å². The molecule has 0 saturated carbocycles. The molecular formula is C19H17NOS. The number of carbonyl (C=O) groups excluding carboxylic acids is 1. The van der Waals surface area contributed by atoms with Gasteiger partial charge in [-0.1, -0.05) is 36.4 Å². The number of thiophene rings is 1. The molecule has 0 unspecified atom stereocenters. The number of nitrogens with one attached hydrogen (secondary N) is 1. The second-order valence-corrected chi connectivity index (χ2v) is 6.70. The topological polar surface area (TPSA) is 29.1 Å². The second-order valence-electron chi connectivity index (χ2n) is 5.74. The molecule has 1 amide bonds. The van der Waals surface area contributed by atoms with Gasteiger partial charge in [0.25, 0.3) is 5.91 Å². The standard InChI is InChI=1S/C19H17NOS/c21-19(16-12-22-18-11-4-3-9-15(16)18)20-17-10-5-7-13-6-1-2-8-14(13)17/h1-2,5-8,10,12H,3-4,9,11H2,(H,20,21). The Labute approximate surface area is 133 Å². The third-order valence-corrected chi connectivity index (χ3v) is 5.43. The van der Waals surface area contributed by atoms with Gasteiger partial charge < -0.3 is 5.32 Å². The molecule has 1 aliphatic carbocycles. The van der Waals surface area contributed by atoms with Crippen molar-refractivity contribution < 1.29 is 4.79 Å². The zero-order valence-corrected chi connectivity index (χ0v) is 13.1. The van der Waals surface area contributed by atoms with Gasteiger partial charge in [-0.15, -0.1) is 11.3 Å². The van der Waals surface area contributed by atoms with Crippen LogP contribution in [0, 0.1) is 0 Å². The van der Waals surface area contributed by atoms with Gasteiger partial charge in [-0.05, 0) is 42.7 Å². The van der Waals surface area contributed by atoms with Gasteiger partial charge in [-0.2, -0.15) is 0 Å². The number of fused-ring (bicyclic) bond motifs is 2. The highest BCUT2D eigenvalue weighted by Crippen LogP contribution is 2.31. The van der Waals surface area contributed by atoms with Gasteiger partial charge in [0, 0.05) is 21.3 Å². The van der Waals surface area contributed by atoms with Gasteiger partial charge in [0.2, 0.25) is 0 Å². The number of carbonyl (C=O) groups is 1. The van der Waals surface area contributed by atoms with E-state index in [-0.39, 0.29) is 5.91 Å². The van der Waals surface area contributed by atoms with Crippen LogP contribution in [0.4, 0.5) is 5.69 Å². The molecule has 2 aromatic carbocycles. The molecule has 3 aromatic rings. The summed E-state index contributed by atoms with van der Waals surface area (Å²) in [6, 6.07) is 14.2. The van der Waals surface area contributed by atoms with E-state index in [4.69, 9.17) is 0 Å². The van der Waals surface area contributed by atoms with Crippen LogP contribution in [0.1, 0.15) is 33.6 Å². The molecule has 0 aliphatic heterocycles. The molecule has 3 heteroatoms. The molecule has 22 heavy (non-hydrogen) atoms. The third-order valence-electron chi connectivity index (χ3n) is 4.34. The first-order chi connectivity index (χ1) is 10.8. The highest BCUT2D eigenvalue weighted by molar-refractivity contribution is 7.10. The van der Waals surface area contributed by atoms with Crippen LogP contribution in [0.3, 0.4) is 0 Å². The van der Waals surface area contributed by atoms with E-state index < -0.39 is 0 Å². The number of aryl methyl sites for hydroxylation is 1. The van der Waals surface area contributed by atoms with Crippen LogP contribution in [0.25, 0.3) is 10.8 Å². The predicted molar refractivity (Wildman–Crippen MR) is 92.9 cm³/mol. The van der Waals surface area contributed by atoms with E-state index in [2.05, 4.69) is 17.4 Å². The summed E-state index contributed by atoms with van der Waals surface area (Å²) in [4.78, 5) is 14.1. The number of hydrogen-bond donors (Lipinski definition) is 1. The number of anilines is 1. The first kappa shape index (κ1) is 13.5. The second kappa shape index (κ2) is 5.58. The van der Waals surface area contributed by atoms with Crippen molar-refractivity contribution in [1.82, 2.24) is 0 Å². The van der Waals surface area contributed by atoms with Crippen molar-refractivity contribution in [2.75, 3.05) is 5.32 Å². The Morgan fingerprint density at radius 1 is 1.00 bits per heavy atom. The normalized spacial score (nSPS) is 13.8. The molecule has 1 aliphatic rings. The minimum Gasteiger partial charge on any atom is -0.321 e. The molecule has 4 rings (SSSR count). The Kier molecular flexibility index (Phi) is 3.43. The molecule has 1 N–H and O–H groups in total. The van der Waals surface area contributed by atoms with Crippen LogP contribution in [-0.2, 0) is 12.8 Å². The summed E-state index contributed by atoms with van der Waals surface area (Å²) in [6.07, 6.45) is 4.61. The predicted octanol–water partition coefficient (Wildman–Crippen LogP) is 5.03. The summed E-state index contributed by atoms with van der Waals surface area (Å²) < 4.78 is 0. The molecular weight excluding hydrogens is 290 g/mol. The first-order valence-corrected chi connectivity index (χ1v) is 8.59. The van der Waals surface area contributed by atoms with Gasteiger partial charge in [-0.3, -0.25) is 4.79 Å². The number of amides is 1. The van der Waals surface area contributed by atoms with Crippen molar-refractivity contribution in [3.63, 3.8) is 0 Å². The molecule has 2 nitrogen and oxygen atoms in total. The average molecular weight is 307 g/mol. The Morgan fingerprint density at radius 2 is 1.82 bits per heavy atom. The fourth-order valence-electron chi connectivity index (χ4n) is 3.21. The van der Waals surface area contributed by atoms with E-state index in [0.29, 0.717) is 0 Å². The minimum absolute atomic E-state index is 0.0238. The smallest absolute Gasteiger partial charge is 0.256 e. The van der Waals surface area contributed by atoms with Crippen LogP contribution in [0.2, 0.25) is 0 Å². The lowest BCUT2D eigenvalue weighted by Gasteiger charge is -2.13. The van der Waals surface area contributed by atoms with Crippen LogP contribution >= 0.6 is 11.3 Å². The Morgan fingerprint density at radius 3 is 2.77 bits per heavy atom. The molecule has 0 atom stereocenters. The minimum atomic E-state index is 0.0238. The van der Waals surface area contributed by atoms with Gasteiger partial charge in [0.05, 0.1) is 5.56 Å². The van der Waals surface area contributed by atoms with Crippen molar-refractivity contribution >= 4 is 33.7 Å². The molecule has 0 bridgehead atoms. The van der Waals surface area contributed by atoms with Crippen molar-refractivity contribution in [3.8, 4) is 0 Å². The number of rotatable bonds is 2. The van der Waals surface area contributed by atoms with Gasteiger partial charge >= 0.3 is 0 Å². The highest BCUT2D eigenvalue weighted by atomic mass is 32.1. The fourth-order valence-corrected chi connectivity index (χ4v) is 4.33. The zero-order valence-electron chi connectivity index (χ0n) is 12.3. The van der Waals surface area contributed by atoms with Crippen molar-refractivity contribution in [2.45, 2.75) is 25.7 Å². The fraction of sp³-hybridized carbons (Fsp3) is 0.211.